The fourth-order valence-corrected chi connectivity index (χ4v) is 2.90. The Hall–Kier alpha value is -2.68. The number of benzene rings is 2. The number of hydrogen-bond donors (Lipinski definition) is 0. The van der Waals surface area contributed by atoms with Crippen LogP contribution in [0.3, 0.4) is 0 Å². The molecule has 0 amide bonds. The molecule has 8 nitrogen and oxygen atoms in total. The Bertz CT molecular complexity index is 991. The number of carboxylic acid groups (broad SMARTS) is 1. The summed E-state index contributed by atoms with van der Waals surface area (Å²) in [6.45, 7) is 0. The first-order valence-corrected chi connectivity index (χ1v) is 8.18. The number of carbonyl (C=O) groups excluding carboxylic acids is 1. The van der Waals surface area contributed by atoms with Crippen molar-refractivity contribution in [3.8, 4) is 45.4 Å². The summed E-state index contributed by atoms with van der Waals surface area (Å²) >= 11 is 0. The van der Waals surface area contributed by atoms with Crippen LogP contribution in [-0.2, 0) is 0 Å². The van der Waals surface area contributed by atoms with E-state index in [9.17, 15) is 9.90 Å². The van der Waals surface area contributed by atoms with Crippen LogP contribution in [0.1, 0.15) is 10.4 Å². The van der Waals surface area contributed by atoms with Crippen molar-refractivity contribution in [2.45, 2.75) is 0 Å². The van der Waals surface area contributed by atoms with Crippen molar-refractivity contribution in [3.05, 3.63) is 42.1 Å². The van der Waals surface area contributed by atoms with Crippen molar-refractivity contribution in [2.24, 2.45) is 0 Å². The van der Waals surface area contributed by atoms with Crippen molar-refractivity contribution >= 4 is 5.97 Å². The number of aromatic carboxylic acids is 1. The fourth-order valence-electron chi connectivity index (χ4n) is 2.90. The van der Waals surface area contributed by atoms with E-state index in [4.69, 9.17) is 23.5 Å². The number of carbonyl (C=O) groups is 1. The molecule has 3 aromatic rings. The Morgan fingerprint density at radius 1 is 0.897 bits per heavy atom. The minimum absolute atomic E-state index is 0. The molecule has 0 aliphatic carbocycles. The smallest absolute Gasteiger partial charge is 0.545 e. The molecule has 1 heterocycles. The van der Waals surface area contributed by atoms with E-state index < -0.39 is 5.97 Å². The van der Waals surface area contributed by atoms with Crippen LogP contribution < -0.4 is 53.6 Å². The molecule has 2 aromatic carbocycles. The molecular formula is C20H18NNaO7. The van der Waals surface area contributed by atoms with Crippen LogP contribution in [0.25, 0.3) is 22.5 Å². The second-order valence-electron chi connectivity index (χ2n) is 5.69. The molecule has 0 saturated heterocycles. The van der Waals surface area contributed by atoms with Gasteiger partial charge in [-0.2, -0.15) is 0 Å². The SMILES string of the molecule is COc1ccc(-c2cnoc2-c2cc(OC)c(OC)c(OC)c2)cc1C(=O)[O-].[Na+]. The van der Waals surface area contributed by atoms with Crippen molar-refractivity contribution < 1.29 is 62.9 Å². The molecule has 0 radical (unpaired) electrons. The van der Waals surface area contributed by atoms with Gasteiger partial charge in [-0.1, -0.05) is 11.2 Å². The van der Waals surface area contributed by atoms with Crippen LogP contribution in [0.4, 0.5) is 0 Å². The van der Waals surface area contributed by atoms with E-state index in [1.165, 1.54) is 40.7 Å². The number of hydrogen-bond acceptors (Lipinski definition) is 8. The summed E-state index contributed by atoms with van der Waals surface area (Å²) in [6, 6.07) is 8.14. The normalized spacial score (nSPS) is 10.1. The van der Waals surface area contributed by atoms with Crippen LogP contribution in [0.5, 0.6) is 23.0 Å². The molecule has 0 spiro atoms. The van der Waals surface area contributed by atoms with Crippen LogP contribution in [0.15, 0.2) is 41.1 Å². The first kappa shape index (κ1) is 22.6. The van der Waals surface area contributed by atoms with Gasteiger partial charge in [0.05, 0.1) is 40.6 Å². The van der Waals surface area contributed by atoms with Crippen molar-refractivity contribution in [1.82, 2.24) is 5.16 Å². The van der Waals surface area contributed by atoms with E-state index in [0.717, 1.165) is 0 Å². The molecule has 1 aromatic heterocycles. The minimum Gasteiger partial charge on any atom is -0.545 e. The molecule has 0 aliphatic heterocycles. The van der Waals surface area contributed by atoms with E-state index in [-0.39, 0.29) is 40.9 Å². The second-order valence-corrected chi connectivity index (χ2v) is 5.69. The molecule has 0 bridgehead atoms. The van der Waals surface area contributed by atoms with Crippen LogP contribution >= 0.6 is 0 Å². The summed E-state index contributed by atoms with van der Waals surface area (Å²) in [5.74, 6) is 0.611. The van der Waals surface area contributed by atoms with Crippen LogP contribution in [0, 0.1) is 0 Å². The summed E-state index contributed by atoms with van der Waals surface area (Å²) in [7, 11) is 5.93. The molecule has 146 valence electrons. The zero-order chi connectivity index (χ0) is 20.3. The van der Waals surface area contributed by atoms with Gasteiger partial charge < -0.3 is 33.4 Å². The summed E-state index contributed by atoms with van der Waals surface area (Å²) in [6.07, 6.45) is 1.50. The van der Waals surface area contributed by atoms with Gasteiger partial charge in [0.15, 0.2) is 17.3 Å². The topological polar surface area (TPSA) is 103 Å². The average Bonchev–Trinajstić information content (AvgIpc) is 3.21. The van der Waals surface area contributed by atoms with Gasteiger partial charge in [-0.15, -0.1) is 0 Å². The molecule has 0 fully saturated rings. The summed E-state index contributed by atoms with van der Waals surface area (Å²) < 4.78 is 26.6. The van der Waals surface area contributed by atoms with Crippen molar-refractivity contribution in [2.75, 3.05) is 28.4 Å². The number of methoxy groups -OCH3 is 4. The van der Waals surface area contributed by atoms with E-state index >= 15 is 0 Å². The second kappa shape index (κ2) is 9.69. The van der Waals surface area contributed by atoms with Gasteiger partial charge in [0.1, 0.15) is 5.75 Å². The largest absolute Gasteiger partial charge is 1.00 e. The van der Waals surface area contributed by atoms with Crippen molar-refractivity contribution in [3.63, 3.8) is 0 Å². The number of ether oxygens (including phenoxy) is 4. The number of rotatable bonds is 7. The molecule has 3 rings (SSSR count). The van der Waals surface area contributed by atoms with Crippen molar-refractivity contribution in [1.29, 1.82) is 0 Å². The average molecular weight is 407 g/mol. The van der Waals surface area contributed by atoms with E-state index in [0.29, 0.717) is 39.7 Å². The Morgan fingerprint density at radius 2 is 1.52 bits per heavy atom. The number of aromatic nitrogens is 1. The molecule has 29 heavy (non-hydrogen) atoms. The van der Waals surface area contributed by atoms with Gasteiger partial charge in [0.25, 0.3) is 0 Å². The molecule has 9 heteroatoms. The summed E-state index contributed by atoms with van der Waals surface area (Å²) in [5.41, 5.74) is 1.70. The maximum absolute atomic E-state index is 11.4. The predicted molar refractivity (Wildman–Crippen MR) is 97.9 cm³/mol. The Balaban J connectivity index is 0.00000300. The minimum atomic E-state index is -1.34. The van der Waals surface area contributed by atoms with Gasteiger partial charge in [0, 0.05) is 16.7 Å². The van der Waals surface area contributed by atoms with Gasteiger partial charge in [-0.25, -0.2) is 0 Å². The first-order chi connectivity index (χ1) is 13.5. The monoisotopic (exact) mass is 407 g/mol. The standard InChI is InChI=1S/C20H19NO7.Na/c1-24-15-6-5-11(7-13(15)20(22)23)14-10-21-28-18(14)12-8-16(25-2)19(27-4)17(9-12)26-3;/h5-10H,1-4H3,(H,22,23);/q;+1/p-1. The quantitative estimate of drug-likeness (QED) is 0.479. The fraction of sp³-hybridized carbons (Fsp3) is 0.200. The van der Waals surface area contributed by atoms with E-state index in [1.807, 2.05) is 0 Å². The Labute approximate surface area is 189 Å². The maximum Gasteiger partial charge on any atom is 1.00 e. The molecule has 0 unspecified atom stereocenters. The summed E-state index contributed by atoms with van der Waals surface area (Å²) in [4.78, 5) is 11.4. The van der Waals surface area contributed by atoms with Crippen LogP contribution in [-0.4, -0.2) is 39.6 Å². The van der Waals surface area contributed by atoms with Crippen LogP contribution in [0.2, 0.25) is 0 Å². The first-order valence-electron chi connectivity index (χ1n) is 8.18. The Morgan fingerprint density at radius 3 is 2.03 bits per heavy atom. The third-order valence-corrected chi connectivity index (χ3v) is 4.23. The van der Waals surface area contributed by atoms with Gasteiger partial charge in [-0.3, -0.25) is 0 Å². The molecule has 0 N–H and O–H groups in total. The molecule has 0 aliphatic rings. The zero-order valence-electron chi connectivity index (χ0n) is 16.8. The van der Waals surface area contributed by atoms with Gasteiger partial charge in [0.2, 0.25) is 5.75 Å². The summed E-state index contributed by atoms with van der Waals surface area (Å²) in [5, 5.41) is 15.3. The molecule has 0 atom stereocenters. The third-order valence-electron chi connectivity index (χ3n) is 4.23. The molecule has 0 saturated carbocycles. The molecular weight excluding hydrogens is 389 g/mol. The number of nitrogens with zero attached hydrogens (tertiary/aromatic N) is 1. The van der Waals surface area contributed by atoms with Gasteiger partial charge in [-0.05, 0) is 29.8 Å². The van der Waals surface area contributed by atoms with Gasteiger partial charge >= 0.3 is 29.6 Å². The maximum atomic E-state index is 11.4. The van der Waals surface area contributed by atoms with E-state index in [1.54, 1.807) is 24.3 Å². The number of carboxylic acids is 1. The zero-order valence-corrected chi connectivity index (χ0v) is 18.8. The third kappa shape index (κ3) is 4.34. The predicted octanol–water partition coefficient (Wildman–Crippen LogP) is -0.589. The van der Waals surface area contributed by atoms with E-state index in [2.05, 4.69) is 5.16 Å². The Kier molecular flexibility index (Phi) is 7.55.